The van der Waals surface area contributed by atoms with Crippen LogP contribution in [0.25, 0.3) is 279 Å². The van der Waals surface area contributed by atoms with Crippen molar-refractivity contribution in [1.82, 2.24) is 18.7 Å². The number of hydrogen-bond acceptors (Lipinski definition) is 4. The SMILES string of the molecule is N#Cc1ccc2c(c1)c1cc(-c3ccc4ccc5c(-c6ccc7ccccc7c6)ccc6ccc3c4c65)ccc1n2-c1ccccc1.N#Cc1ccc2c(c1)c1cc(-c3ccc4ccc5c(-c6cccc(-c7ccccc7)n6)ccc6ccc3c4c65)ccc1n2-c1ccccc1.N#Cc1ccc2c(c1)c1cc(-c3ccc4ccc5c(-c6cccc7ccccc67)ccc6ccc3c4c65)ccc1n2-c1ccccc1. The highest BCUT2D eigenvalue weighted by molar-refractivity contribution is 6.32. The van der Waals surface area contributed by atoms with Gasteiger partial charge in [-0.3, -0.25) is 0 Å². The summed E-state index contributed by atoms with van der Waals surface area (Å²) in [5.74, 6) is 0. The molecular weight excluding hydrogens is 1730 g/mol. The fourth-order valence-corrected chi connectivity index (χ4v) is 23.4. The lowest BCUT2D eigenvalue weighted by Crippen LogP contribution is -1.93. The van der Waals surface area contributed by atoms with Crippen LogP contribution in [0, 0.1) is 34.0 Å². The minimum Gasteiger partial charge on any atom is -0.309 e. The maximum atomic E-state index is 9.78. The number of fused-ring (bicyclic) bond motifs is 11. The van der Waals surface area contributed by atoms with Gasteiger partial charge in [-0.2, -0.15) is 15.8 Å². The van der Waals surface area contributed by atoms with E-state index in [1.807, 2.05) is 60.7 Å². The zero-order valence-electron chi connectivity index (χ0n) is 77.2. The molecule has 26 aromatic carbocycles. The van der Waals surface area contributed by atoms with Crippen LogP contribution in [0.4, 0.5) is 0 Å². The molecule has 0 bridgehead atoms. The largest absolute Gasteiger partial charge is 0.309 e. The van der Waals surface area contributed by atoms with Crippen LogP contribution in [0.2, 0.25) is 0 Å². The van der Waals surface area contributed by atoms with Crippen LogP contribution in [-0.2, 0) is 0 Å². The minimum atomic E-state index is 0.660. The number of pyridine rings is 1. The first kappa shape index (κ1) is 81.7. The number of para-hydroxylation sites is 3. The van der Waals surface area contributed by atoms with E-state index in [0.29, 0.717) is 16.7 Å². The number of rotatable bonds is 10. The van der Waals surface area contributed by atoms with E-state index in [1.54, 1.807) is 0 Å². The molecule has 4 heterocycles. The van der Waals surface area contributed by atoms with Crippen LogP contribution in [0.3, 0.4) is 0 Å². The molecule has 143 heavy (non-hydrogen) atoms. The minimum absolute atomic E-state index is 0.660. The molecule has 658 valence electrons. The summed E-state index contributed by atoms with van der Waals surface area (Å²) in [6, 6.07) is 179. The number of nitrogens with zero attached hydrogens (tertiary/aromatic N) is 7. The first-order valence-corrected chi connectivity index (χ1v) is 48.5. The van der Waals surface area contributed by atoms with Gasteiger partial charge in [0, 0.05) is 60.5 Å². The predicted molar refractivity (Wildman–Crippen MR) is 598 cm³/mol. The normalized spacial score (nSPS) is 11.8. The molecule has 0 radical (unpaired) electrons. The Labute approximate surface area is 821 Å². The quantitative estimate of drug-likeness (QED) is 0.127. The molecule has 30 rings (SSSR count). The van der Waals surface area contributed by atoms with E-state index in [2.05, 4.69) is 450 Å². The summed E-state index contributed by atoms with van der Waals surface area (Å²) >= 11 is 0. The molecule has 0 saturated carbocycles. The summed E-state index contributed by atoms with van der Waals surface area (Å²) < 4.78 is 6.89. The molecular formula is C136H79N7. The molecule has 7 nitrogen and oxygen atoms in total. The van der Waals surface area contributed by atoms with E-state index in [1.165, 1.54) is 169 Å². The Morgan fingerprint density at radius 1 is 0.154 bits per heavy atom. The van der Waals surface area contributed by atoms with Gasteiger partial charge in [0.2, 0.25) is 0 Å². The third kappa shape index (κ3) is 13.1. The van der Waals surface area contributed by atoms with Crippen molar-refractivity contribution in [2.24, 2.45) is 0 Å². The van der Waals surface area contributed by atoms with Gasteiger partial charge in [-0.05, 0) is 320 Å². The molecule has 0 fully saturated rings. The molecule has 0 N–H and O–H groups in total. The van der Waals surface area contributed by atoms with Gasteiger partial charge in [0.25, 0.3) is 0 Å². The first-order valence-electron chi connectivity index (χ1n) is 48.5. The van der Waals surface area contributed by atoms with Crippen LogP contribution >= 0.6 is 0 Å². The Morgan fingerprint density at radius 3 is 0.825 bits per heavy atom. The predicted octanol–water partition coefficient (Wildman–Crippen LogP) is 36.0. The molecule has 0 aliphatic carbocycles. The van der Waals surface area contributed by atoms with E-state index in [4.69, 9.17) is 4.98 Å². The first-order chi connectivity index (χ1) is 70.8. The van der Waals surface area contributed by atoms with Crippen LogP contribution in [0.15, 0.2) is 479 Å². The van der Waals surface area contributed by atoms with E-state index in [9.17, 15) is 15.8 Å². The zero-order valence-corrected chi connectivity index (χ0v) is 77.2. The number of aromatic nitrogens is 4. The topological polar surface area (TPSA) is 99.1 Å². The van der Waals surface area contributed by atoms with Gasteiger partial charge in [0.15, 0.2) is 0 Å². The van der Waals surface area contributed by atoms with E-state index >= 15 is 0 Å². The van der Waals surface area contributed by atoms with E-state index < -0.39 is 0 Å². The number of hydrogen-bond donors (Lipinski definition) is 0. The highest BCUT2D eigenvalue weighted by Gasteiger charge is 2.25. The van der Waals surface area contributed by atoms with Crippen molar-refractivity contribution in [1.29, 1.82) is 15.8 Å². The Balaban J connectivity index is 0.000000105. The maximum absolute atomic E-state index is 9.78. The summed E-state index contributed by atoms with van der Waals surface area (Å²) in [7, 11) is 0. The molecule has 0 amide bonds. The van der Waals surface area contributed by atoms with Gasteiger partial charge in [-0.1, -0.05) is 334 Å². The Hall–Kier alpha value is -19.6. The van der Waals surface area contributed by atoms with Crippen molar-refractivity contribution in [2.75, 3.05) is 0 Å². The number of benzene rings is 26. The van der Waals surface area contributed by atoms with Crippen molar-refractivity contribution in [3.8, 4) is 113 Å². The molecule has 0 atom stereocenters. The van der Waals surface area contributed by atoms with Gasteiger partial charge in [0.1, 0.15) is 0 Å². The summed E-state index contributed by atoms with van der Waals surface area (Å²) in [4.78, 5) is 5.13. The second-order valence-corrected chi connectivity index (χ2v) is 37.5. The monoisotopic (exact) mass is 1810 g/mol. The van der Waals surface area contributed by atoms with Gasteiger partial charge in [-0.25, -0.2) is 4.98 Å². The molecule has 0 saturated heterocycles. The molecule has 30 aromatic rings. The molecule has 0 aliphatic heterocycles. The van der Waals surface area contributed by atoms with Crippen molar-refractivity contribution >= 4 is 184 Å². The molecule has 4 aromatic heterocycles. The second kappa shape index (κ2) is 32.8. The molecule has 0 spiro atoms. The van der Waals surface area contributed by atoms with Gasteiger partial charge < -0.3 is 13.7 Å². The molecule has 0 aliphatic rings. The van der Waals surface area contributed by atoms with Crippen molar-refractivity contribution in [3.63, 3.8) is 0 Å². The van der Waals surface area contributed by atoms with Gasteiger partial charge >= 0.3 is 0 Å². The van der Waals surface area contributed by atoms with Crippen LogP contribution in [0.1, 0.15) is 16.7 Å². The highest BCUT2D eigenvalue weighted by atomic mass is 15.0. The lowest BCUT2D eigenvalue weighted by atomic mass is 9.86. The number of nitriles is 3. The van der Waals surface area contributed by atoms with Crippen molar-refractivity contribution in [2.45, 2.75) is 0 Å². The highest BCUT2D eigenvalue weighted by Crippen LogP contribution is 2.51. The van der Waals surface area contributed by atoms with E-state index in [0.717, 1.165) is 111 Å². The zero-order chi connectivity index (χ0) is 94.6. The van der Waals surface area contributed by atoms with E-state index in [-0.39, 0.29) is 0 Å². The summed E-state index contributed by atoms with van der Waals surface area (Å²) in [6.07, 6.45) is 0. The fourth-order valence-electron chi connectivity index (χ4n) is 23.4. The van der Waals surface area contributed by atoms with Crippen LogP contribution in [0.5, 0.6) is 0 Å². The Morgan fingerprint density at radius 2 is 0.427 bits per heavy atom. The third-order valence-corrected chi connectivity index (χ3v) is 29.9. The summed E-state index contributed by atoms with van der Waals surface area (Å²) in [5, 5.41) is 63.7. The Kier molecular flexibility index (Phi) is 18.8. The average molecular weight is 1810 g/mol. The molecule has 0 unspecified atom stereocenters. The average Bonchev–Trinajstić information content (AvgIpc) is 1.38. The smallest absolute Gasteiger partial charge is 0.0991 e. The molecule has 7 heteroatoms. The van der Waals surface area contributed by atoms with Crippen molar-refractivity contribution in [3.05, 3.63) is 496 Å². The fraction of sp³-hybridized carbons (Fsp3) is 0. The van der Waals surface area contributed by atoms with Gasteiger partial charge in [0.05, 0.1) is 79.4 Å². The maximum Gasteiger partial charge on any atom is 0.0991 e. The standard InChI is InChI=1S/C46H27N3.2C45H26N2/c47-28-29-14-24-43-39(26-29)40-27-33(19-25-44(40)49(43)34-10-5-2-6-11-34)35-20-15-31-18-23-38-36(21-16-32-17-22-37(35)45(31)46(32)38)42-13-7-12-41(48-42)30-8-3-1-4-9-30;46-27-28-13-23-42-40(25-28)41-26-32(18-24-43(41)47(42)33-9-2-1-3-10-33)35-19-14-30-17-22-39-37(20-15-31-16-21-38(35)44(30)45(31)39)36-12-6-8-29-7-4-5-11-34(29)36;46-27-28-10-22-42-40(24-28)41-26-34(17-23-43(41)47(42)35-8-2-1-3-9-35)37-19-14-31-15-20-38-36(18-13-30-16-21-39(37)45(31)44(30)38)33-12-11-29-6-4-5-7-32(29)25-33/h1-27H;2*1-26H. The van der Waals surface area contributed by atoms with Crippen LogP contribution in [-0.4, -0.2) is 18.7 Å². The summed E-state index contributed by atoms with van der Waals surface area (Å²) in [6.45, 7) is 0. The second-order valence-electron chi connectivity index (χ2n) is 37.5. The van der Waals surface area contributed by atoms with Crippen molar-refractivity contribution < 1.29 is 0 Å². The van der Waals surface area contributed by atoms with Gasteiger partial charge in [-0.15, -0.1) is 0 Å². The third-order valence-electron chi connectivity index (χ3n) is 29.9. The summed E-state index contributed by atoms with van der Waals surface area (Å²) in [5.41, 5.74) is 28.2. The Bertz CT molecular complexity index is 10600. The lowest BCUT2D eigenvalue weighted by Gasteiger charge is -2.17. The van der Waals surface area contributed by atoms with Crippen LogP contribution < -0.4 is 0 Å². The lowest BCUT2D eigenvalue weighted by molar-refractivity contribution is 1.18.